The highest BCUT2D eigenvalue weighted by atomic mass is 32.2. The summed E-state index contributed by atoms with van der Waals surface area (Å²) in [5.41, 5.74) is 0. The summed E-state index contributed by atoms with van der Waals surface area (Å²) in [6.45, 7) is 2.13. The molecule has 8 heteroatoms. The van der Waals surface area contributed by atoms with Crippen LogP contribution in [0, 0.1) is 0 Å². The first-order valence-corrected chi connectivity index (χ1v) is 9.37. The number of pyridine rings is 1. The molecular weight excluding hydrogens is 322 g/mol. The second kappa shape index (κ2) is 5.31. The quantitative estimate of drug-likeness (QED) is 0.887. The zero-order chi connectivity index (χ0) is 15.2. The summed E-state index contributed by atoms with van der Waals surface area (Å²) in [5, 5.41) is 2.04. The molecule has 0 saturated carbocycles. The molecule has 1 fully saturated rings. The van der Waals surface area contributed by atoms with Gasteiger partial charge >= 0.3 is 0 Å². The minimum Gasteiger partial charge on any atom is -0.470 e. The normalized spacial score (nSPS) is 26.7. The smallest absolute Gasteiger partial charge is 0.246 e. The maximum atomic E-state index is 12.4. The van der Waals surface area contributed by atoms with E-state index in [9.17, 15) is 8.42 Å². The summed E-state index contributed by atoms with van der Waals surface area (Å²) < 4.78 is 33.5. The Labute approximate surface area is 132 Å². The van der Waals surface area contributed by atoms with Gasteiger partial charge < -0.3 is 4.74 Å². The lowest BCUT2D eigenvalue weighted by atomic mass is 10.2. The van der Waals surface area contributed by atoms with Crippen molar-refractivity contribution in [3.05, 3.63) is 40.7 Å². The molecular formula is C14H15N3O3S2. The lowest BCUT2D eigenvalue weighted by molar-refractivity contribution is 0.177. The van der Waals surface area contributed by atoms with Gasteiger partial charge in [-0.25, -0.2) is 18.1 Å². The van der Waals surface area contributed by atoms with E-state index >= 15 is 0 Å². The number of rotatable bonds is 2. The van der Waals surface area contributed by atoms with E-state index in [0.717, 1.165) is 6.54 Å². The van der Waals surface area contributed by atoms with Crippen molar-refractivity contribution in [2.75, 3.05) is 13.1 Å². The summed E-state index contributed by atoms with van der Waals surface area (Å²) in [4.78, 5) is 7.67. The number of aromatic nitrogens is 1. The van der Waals surface area contributed by atoms with Crippen LogP contribution in [0.1, 0.15) is 4.88 Å². The maximum Gasteiger partial charge on any atom is 0.246 e. The van der Waals surface area contributed by atoms with Crippen LogP contribution in [0.4, 0.5) is 0 Å². The van der Waals surface area contributed by atoms with E-state index in [-0.39, 0.29) is 22.9 Å². The molecule has 0 spiro atoms. The molecule has 2 aromatic heterocycles. The zero-order valence-electron chi connectivity index (χ0n) is 11.7. The lowest BCUT2D eigenvalue weighted by Crippen LogP contribution is -2.42. The third-order valence-electron chi connectivity index (χ3n) is 3.90. The van der Waals surface area contributed by atoms with Gasteiger partial charge in [-0.3, -0.25) is 4.90 Å². The molecule has 0 aromatic carbocycles. The van der Waals surface area contributed by atoms with Gasteiger partial charge in [-0.15, -0.1) is 11.3 Å². The molecule has 0 bridgehead atoms. The van der Waals surface area contributed by atoms with E-state index in [1.54, 1.807) is 23.6 Å². The number of fused-ring (bicyclic) bond motifs is 2. The Hall–Kier alpha value is -1.48. The van der Waals surface area contributed by atoms with Crippen molar-refractivity contribution in [1.82, 2.24) is 14.6 Å². The van der Waals surface area contributed by atoms with Crippen LogP contribution in [0.25, 0.3) is 0 Å². The molecule has 2 aliphatic heterocycles. The summed E-state index contributed by atoms with van der Waals surface area (Å²) in [6, 6.07) is 6.98. The Morgan fingerprint density at radius 3 is 3.09 bits per heavy atom. The van der Waals surface area contributed by atoms with E-state index in [0.29, 0.717) is 13.1 Å². The highest BCUT2D eigenvalue weighted by Gasteiger charge is 2.41. The van der Waals surface area contributed by atoms with Gasteiger partial charge in [0.2, 0.25) is 15.9 Å². The van der Waals surface area contributed by atoms with Crippen LogP contribution in [-0.2, 0) is 16.6 Å². The van der Waals surface area contributed by atoms with Gasteiger partial charge in [0, 0.05) is 30.7 Å². The van der Waals surface area contributed by atoms with Gasteiger partial charge in [0.1, 0.15) is 11.0 Å². The van der Waals surface area contributed by atoms with Crippen molar-refractivity contribution in [3.63, 3.8) is 0 Å². The number of hydrogen-bond donors (Lipinski definition) is 1. The third-order valence-corrected chi connectivity index (χ3v) is 6.26. The van der Waals surface area contributed by atoms with Gasteiger partial charge in [0.15, 0.2) is 0 Å². The van der Waals surface area contributed by atoms with Crippen molar-refractivity contribution in [2.45, 2.75) is 23.6 Å². The fraction of sp³-hybridized carbons (Fsp3) is 0.357. The number of thiophene rings is 1. The predicted molar refractivity (Wildman–Crippen MR) is 82.4 cm³/mol. The summed E-state index contributed by atoms with van der Waals surface area (Å²) in [5.74, 6) is 0.195. The molecule has 4 rings (SSSR count). The molecule has 1 N–H and O–H groups in total. The monoisotopic (exact) mass is 337 g/mol. The highest BCUT2D eigenvalue weighted by Crippen LogP contribution is 2.29. The second-order valence-corrected chi connectivity index (χ2v) is 8.18. The van der Waals surface area contributed by atoms with Crippen LogP contribution in [0.2, 0.25) is 0 Å². The van der Waals surface area contributed by atoms with E-state index in [2.05, 4.69) is 20.7 Å². The van der Waals surface area contributed by atoms with Gasteiger partial charge in [0.05, 0.1) is 6.04 Å². The lowest BCUT2D eigenvalue weighted by Gasteiger charge is -2.15. The molecule has 4 heterocycles. The van der Waals surface area contributed by atoms with Gasteiger partial charge in [-0.1, -0.05) is 6.07 Å². The van der Waals surface area contributed by atoms with Crippen LogP contribution in [0.15, 0.2) is 40.7 Å². The maximum absolute atomic E-state index is 12.4. The summed E-state index contributed by atoms with van der Waals surface area (Å²) >= 11 is 1.70. The SMILES string of the molecule is O=S1(=O)NC2CN(Cc3cccs3)CC2Oc2ncccc21. The molecule has 6 nitrogen and oxygen atoms in total. The van der Waals surface area contributed by atoms with Crippen molar-refractivity contribution in [1.29, 1.82) is 0 Å². The molecule has 22 heavy (non-hydrogen) atoms. The first kappa shape index (κ1) is 14.1. The fourth-order valence-electron chi connectivity index (χ4n) is 2.91. The third kappa shape index (κ3) is 2.52. The zero-order valence-corrected chi connectivity index (χ0v) is 13.3. The standard InChI is InChI=1S/C14H15N3O3S2/c18-22(19)13-4-1-5-15-14(13)20-12-9-17(8-11(12)16-22)7-10-3-2-6-21-10/h1-6,11-12,16H,7-9H2. The molecule has 0 amide bonds. The largest absolute Gasteiger partial charge is 0.470 e. The molecule has 0 radical (unpaired) electrons. The van der Waals surface area contributed by atoms with Crippen LogP contribution in [0.5, 0.6) is 5.88 Å². The van der Waals surface area contributed by atoms with E-state index in [1.165, 1.54) is 10.9 Å². The molecule has 116 valence electrons. The summed E-state index contributed by atoms with van der Waals surface area (Å²) in [6.07, 6.45) is 1.33. The van der Waals surface area contributed by atoms with E-state index < -0.39 is 10.0 Å². The van der Waals surface area contributed by atoms with Crippen molar-refractivity contribution in [3.8, 4) is 5.88 Å². The predicted octanol–water partition coefficient (Wildman–Crippen LogP) is 1.07. The van der Waals surface area contributed by atoms with E-state index in [4.69, 9.17) is 4.74 Å². The van der Waals surface area contributed by atoms with Crippen LogP contribution >= 0.6 is 11.3 Å². The Morgan fingerprint density at radius 2 is 2.27 bits per heavy atom. The molecule has 1 saturated heterocycles. The average molecular weight is 337 g/mol. The molecule has 0 aliphatic carbocycles. The number of nitrogens with zero attached hydrogens (tertiary/aromatic N) is 2. The number of hydrogen-bond acceptors (Lipinski definition) is 6. The van der Waals surface area contributed by atoms with Gasteiger partial charge in [-0.05, 0) is 23.6 Å². The second-order valence-electron chi connectivity index (χ2n) is 5.46. The number of sulfonamides is 1. The van der Waals surface area contributed by atoms with Crippen molar-refractivity contribution < 1.29 is 13.2 Å². The van der Waals surface area contributed by atoms with Gasteiger partial charge in [-0.2, -0.15) is 0 Å². The van der Waals surface area contributed by atoms with Crippen molar-refractivity contribution >= 4 is 21.4 Å². The van der Waals surface area contributed by atoms with Crippen LogP contribution in [0.3, 0.4) is 0 Å². The van der Waals surface area contributed by atoms with Crippen molar-refractivity contribution in [2.24, 2.45) is 0 Å². The Kier molecular flexibility index (Phi) is 3.41. The number of likely N-dealkylation sites (tertiary alicyclic amines) is 1. The first-order valence-electron chi connectivity index (χ1n) is 7.00. The Balaban J connectivity index is 1.59. The fourth-order valence-corrected chi connectivity index (χ4v) is 5.00. The molecule has 2 aliphatic rings. The topological polar surface area (TPSA) is 71.5 Å². The molecule has 2 unspecified atom stereocenters. The van der Waals surface area contributed by atoms with Crippen LogP contribution in [-0.4, -0.2) is 43.5 Å². The molecule has 2 atom stereocenters. The Morgan fingerprint density at radius 1 is 1.36 bits per heavy atom. The number of ether oxygens (including phenoxy) is 1. The summed E-state index contributed by atoms with van der Waals surface area (Å²) in [7, 11) is -3.58. The van der Waals surface area contributed by atoms with E-state index in [1.807, 2.05) is 11.4 Å². The molecule has 2 aromatic rings. The average Bonchev–Trinajstić information content (AvgIpc) is 3.08. The first-order chi connectivity index (χ1) is 10.6. The minimum atomic E-state index is -3.58. The highest BCUT2D eigenvalue weighted by molar-refractivity contribution is 7.89. The van der Waals surface area contributed by atoms with Gasteiger partial charge in [0.25, 0.3) is 0 Å². The minimum absolute atomic E-state index is 0.120. The number of nitrogens with one attached hydrogen (secondary N) is 1. The van der Waals surface area contributed by atoms with Crippen LogP contribution < -0.4 is 9.46 Å². The Bertz CT molecular complexity index is 776.